The van der Waals surface area contributed by atoms with Crippen molar-refractivity contribution >= 4 is 5.91 Å². The van der Waals surface area contributed by atoms with Crippen LogP contribution >= 0.6 is 0 Å². The van der Waals surface area contributed by atoms with Gasteiger partial charge in [0.05, 0.1) is 5.56 Å². The van der Waals surface area contributed by atoms with Crippen molar-refractivity contribution in [3.63, 3.8) is 0 Å². The van der Waals surface area contributed by atoms with Gasteiger partial charge < -0.3 is 11.9 Å². The van der Waals surface area contributed by atoms with Crippen LogP contribution in [0.1, 0.15) is 16.1 Å². The quantitative estimate of drug-likeness (QED) is 0.620. The van der Waals surface area contributed by atoms with Crippen LogP contribution in [0.4, 0.5) is 0 Å². The molecule has 0 aliphatic rings. The molecule has 0 radical (unpaired) electrons. The number of hydrogen-bond donors (Lipinski definition) is 2. The molecule has 4 nitrogen and oxygen atoms in total. The second kappa shape index (κ2) is 3.68. The van der Waals surface area contributed by atoms with Gasteiger partial charge in [0.1, 0.15) is 0 Å². The lowest BCUT2D eigenvalue weighted by Crippen LogP contribution is -2.12. The molecule has 5 N–H and O–H groups in total. The summed E-state index contributed by atoms with van der Waals surface area (Å²) in [6, 6.07) is 3.34. The molecule has 1 rings (SSSR count). The van der Waals surface area contributed by atoms with E-state index in [1.54, 1.807) is 25.3 Å². The third kappa shape index (κ3) is 2.01. The number of hydrogen-bond acceptors (Lipinski definition) is 3. The van der Waals surface area contributed by atoms with Crippen LogP contribution in [-0.2, 0) is 0 Å². The normalized spacial score (nSPS) is 8.45. The van der Waals surface area contributed by atoms with Crippen molar-refractivity contribution in [2.24, 2.45) is 5.73 Å². The lowest BCUT2D eigenvalue weighted by atomic mass is 10.2. The monoisotopic (exact) mass is 153 g/mol. The van der Waals surface area contributed by atoms with E-state index >= 15 is 0 Å². The minimum absolute atomic E-state index is 0. The van der Waals surface area contributed by atoms with Gasteiger partial charge in [-0.1, -0.05) is 0 Å². The summed E-state index contributed by atoms with van der Waals surface area (Å²) < 4.78 is 0. The Labute approximate surface area is 65.0 Å². The van der Waals surface area contributed by atoms with E-state index < -0.39 is 5.91 Å². The number of aryl methyl sites for hydroxylation is 1. The van der Waals surface area contributed by atoms with Gasteiger partial charge in [0.2, 0.25) is 0 Å². The Morgan fingerprint density at radius 3 is 2.64 bits per heavy atom. The first kappa shape index (κ1) is 9.58. The van der Waals surface area contributed by atoms with Gasteiger partial charge in [-0.15, -0.1) is 0 Å². The van der Waals surface area contributed by atoms with Crippen LogP contribution in [0.2, 0.25) is 0 Å². The summed E-state index contributed by atoms with van der Waals surface area (Å²) in [7, 11) is 0. The van der Waals surface area contributed by atoms with Crippen LogP contribution < -0.4 is 11.9 Å². The summed E-state index contributed by atoms with van der Waals surface area (Å²) in [6.07, 6.45) is 1.63. The predicted molar refractivity (Wildman–Crippen MR) is 42.5 cm³/mol. The lowest BCUT2D eigenvalue weighted by Gasteiger charge is -1.96. The molecule has 11 heavy (non-hydrogen) atoms. The summed E-state index contributed by atoms with van der Waals surface area (Å²) in [5.74, 6) is -0.425. The number of carbonyl (C=O) groups excluding carboxylic acids is 1. The Hall–Kier alpha value is -1.42. The van der Waals surface area contributed by atoms with Gasteiger partial charge in [0, 0.05) is 11.9 Å². The molecule has 0 saturated heterocycles. The fraction of sp³-hybridized carbons (Fsp3) is 0.143. The average molecular weight is 153 g/mol. The highest BCUT2D eigenvalue weighted by Crippen LogP contribution is 2.00. The molecule has 0 aliphatic heterocycles. The van der Waals surface area contributed by atoms with Crippen LogP contribution in [0.3, 0.4) is 0 Å². The number of primary amides is 1. The van der Waals surface area contributed by atoms with E-state index in [0.29, 0.717) is 11.3 Å². The van der Waals surface area contributed by atoms with Crippen LogP contribution in [0, 0.1) is 6.92 Å². The maximum Gasteiger partial charge on any atom is 0.250 e. The van der Waals surface area contributed by atoms with Crippen molar-refractivity contribution in [2.75, 3.05) is 0 Å². The molecule has 60 valence electrons. The Balaban J connectivity index is 0.000001000. The van der Waals surface area contributed by atoms with Crippen LogP contribution in [0.25, 0.3) is 0 Å². The van der Waals surface area contributed by atoms with Gasteiger partial charge >= 0.3 is 0 Å². The van der Waals surface area contributed by atoms with Gasteiger partial charge in [-0.2, -0.15) is 0 Å². The minimum Gasteiger partial charge on any atom is -0.366 e. The van der Waals surface area contributed by atoms with Crippen molar-refractivity contribution in [3.05, 3.63) is 29.6 Å². The molecule has 1 amide bonds. The smallest absolute Gasteiger partial charge is 0.250 e. The van der Waals surface area contributed by atoms with Crippen molar-refractivity contribution < 1.29 is 4.79 Å². The third-order valence-corrected chi connectivity index (χ3v) is 1.27. The van der Waals surface area contributed by atoms with Crippen LogP contribution in [0.15, 0.2) is 18.3 Å². The lowest BCUT2D eigenvalue weighted by molar-refractivity contribution is 0.0999. The molecule has 4 heteroatoms. The second-order valence-electron chi connectivity index (χ2n) is 2.00. The number of amides is 1. The molecule has 0 saturated carbocycles. The molecule has 0 aliphatic carbocycles. The van der Waals surface area contributed by atoms with Gasteiger partial charge in [-0.05, 0) is 19.1 Å². The van der Waals surface area contributed by atoms with Gasteiger partial charge in [0.25, 0.3) is 5.91 Å². The number of carbonyl (C=O) groups is 1. The van der Waals surface area contributed by atoms with Crippen LogP contribution in [-0.4, -0.2) is 10.9 Å². The summed E-state index contributed by atoms with van der Waals surface area (Å²) in [5, 5.41) is 0. The maximum absolute atomic E-state index is 10.6. The van der Waals surface area contributed by atoms with E-state index in [-0.39, 0.29) is 6.15 Å². The van der Waals surface area contributed by atoms with Crippen molar-refractivity contribution in [1.29, 1.82) is 0 Å². The molecule has 0 bridgehead atoms. The minimum atomic E-state index is -0.425. The Bertz CT molecular complexity index is 260. The van der Waals surface area contributed by atoms with Crippen LogP contribution in [0.5, 0.6) is 0 Å². The van der Waals surface area contributed by atoms with Gasteiger partial charge in [-0.3, -0.25) is 9.78 Å². The highest BCUT2D eigenvalue weighted by molar-refractivity contribution is 5.93. The molecule has 0 unspecified atom stereocenters. The second-order valence-corrected chi connectivity index (χ2v) is 2.00. The number of aromatic nitrogens is 1. The van der Waals surface area contributed by atoms with E-state index in [2.05, 4.69) is 4.98 Å². The standard InChI is InChI=1S/C7H8N2O.H3N/c1-5-6(7(8)10)3-2-4-9-5;/h2-4H,1H3,(H2,8,10);1H3. The molecular formula is C7H11N3O. The fourth-order valence-corrected chi connectivity index (χ4v) is 0.745. The third-order valence-electron chi connectivity index (χ3n) is 1.27. The average Bonchev–Trinajstić information content (AvgIpc) is 1.88. The van der Waals surface area contributed by atoms with E-state index in [1.165, 1.54) is 0 Å². The number of pyridine rings is 1. The summed E-state index contributed by atoms with van der Waals surface area (Å²) >= 11 is 0. The first-order valence-corrected chi connectivity index (χ1v) is 2.93. The largest absolute Gasteiger partial charge is 0.366 e. The van der Waals surface area contributed by atoms with Crippen molar-refractivity contribution in [2.45, 2.75) is 6.92 Å². The first-order valence-electron chi connectivity index (χ1n) is 2.93. The highest BCUT2D eigenvalue weighted by Gasteiger charge is 2.01. The predicted octanol–water partition coefficient (Wildman–Crippen LogP) is 0.651. The zero-order valence-electron chi connectivity index (χ0n) is 6.37. The zero-order chi connectivity index (χ0) is 7.56. The summed E-state index contributed by atoms with van der Waals surface area (Å²) in [6.45, 7) is 1.75. The SMILES string of the molecule is Cc1ncccc1C(N)=O.N. The molecule has 0 spiro atoms. The molecule has 0 atom stereocenters. The zero-order valence-corrected chi connectivity index (χ0v) is 6.37. The number of nitrogens with two attached hydrogens (primary N) is 1. The Morgan fingerprint density at radius 1 is 1.64 bits per heavy atom. The molecule has 1 aromatic rings. The maximum atomic E-state index is 10.6. The van der Waals surface area contributed by atoms with E-state index in [0.717, 1.165) is 0 Å². The Morgan fingerprint density at radius 2 is 2.27 bits per heavy atom. The van der Waals surface area contributed by atoms with Crippen molar-refractivity contribution in [3.8, 4) is 0 Å². The number of rotatable bonds is 1. The summed E-state index contributed by atoms with van der Waals surface area (Å²) in [5.41, 5.74) is 6.20. The summed E-state index contributed by atoms with van der Waals surface area (Å²) in [4.78, 5) is 14.5. The first-order chi connectivity index (χ1) is 4.72. The van der Waals surface area contributed by atoms with E-state index in [4.69, 9.17) is 5.73 Å². The molecule has 1 aromatic heterocycles. The number of nitrogens with zero attached hydrogens (tertiary/aromatic N) is 1. The molecule has 0 aromatic carbocycles. The topological polar surface area (TPSA) is 91.0 Å². The van der Waals surface area contributed by atoms with Gasteiger partial charge in [0.15, 0.2) is 0 Å². The fourth-order valence-electron chi connectivity index (χ4n) is 0.745. The molecular weight excluding hydrogens is 142 g/mol. The highest BCUT2D eigenvalue weighted by atomic mass is 16.1. The molecule has 1 heterocycles. The Kier molecular flexibility index (Phi) is 3.20. The van der Waals surface area contributed by atoms with E-state index in [1.807, 2.05) is 0 Å². The van der Waals surface area contributed by atoms with Gasteiger partial charge in [-0.25, -0.2) is 0 Å². The van der Waals surface area contributed by atoms with Crippen molar-refractivity contribution in [1.82, 2.24) is 11.1 Å². The molecule has 0 fully saturated rings. The van der Waals surface area contributed by atoms with E-state index in [9.17, 15) is 4.79 Å².